The fourth-order valence-corrected chi connectivity index (χ4v) is 3.21. The zero-order valence-corrected chi connectivity index (χ0v) is 14.5. The van der Waals surface area contributed by atoms with Gasteiger partial charge in [-0.3, -0.25) is 4.99 Å². The van der Waals surface area contributed by atoms with Gasteiger partial charge in [-0.2, -0.15) is 5.26 Å². The van der Waals surface area contributed by atoms with Crippen molar-refractivity contribution in [1.82, 2.24) is 0 Å². The molecular formula is C18H13Cl2FN4. The summed E-state index contributed by atoms with van der Waals surface area (Å²) >= 11 is 12.2. The van der Waals surface area contributed by atoms with Gasteiger partial charge in [0.1, 0.15) is 29.4 Å². The van der Waals surface area contributed by atoms with Gasteiger partial charge in [0.15, 0.2) is 0 Å². The number of nitriles is 1. The van der Waals surface area contributed by atoms with E-state index in [9.17, 15) is 9.65 Å². The SMILES string of the molecule is N#CC1C(N)=NC(Cc2cccc(F)c2)=NC1c1ccc(Cl)cc1Cl. The van der Waals surface area contributed by atoms with Crippen LogP contribution >= 0.6 is 23.2 Å². The molecule has 7 heteroatoms. The van der Waals surface area contributed by atoms with Crippen molar-refractivity contribution in [3.63, 3.8) is 0 Å². The lowest BCUT2D eigenvalue weighted by Gasteiger charge is -2.24. The quantitative estimate of drug-likeness (QED) is 0.867. The number of nitrogens with two attached hydrogens (primary N) is 1. The third-order valence-electron chi connectivity index (χ3n) is 3.85. The van der Waals surface area contributed by atoms with Gasteiger partial charge in [-0.25, -0.2) is 9.38 Å². The average molecular weight is 375 g/mol. The van der Waals surface area contributed by atoms with Crippen molar-refractivity contribution < 1.29 is 4.39 Å². The van der Waals surface area contributed by atoms with Crippen molar-refractivity contribution in [2.45, 2.75) is 12.5 Å². The number of aliphatic imine (C=N–C) groups is 2. The highest BCUT2D eigenvalue weighted by molar-refractivity contribution is 6.35. The van der Waals surface area contributed by atoms with Crippen LogP contribution in [0, 0.1) is 23.1 Å². The Morgan fingerprint density at radius 3 is 2.68 bits per heavy atom. The highest BCUT2D eigenvalue weighted by Gasteiger charge is 2.31. The van der Waals surface area contributed by atoms with Gasteiger partial charge in [0, 0.05) is 16.5 Å². The van der Waals surface area contributed by atoms with Gasteiger partial charge in [0.2, 0.25) is 0 Å². The first kappa shape index (κ1) is 17.4. The van der Waals surface area contributed by atoms with Gasteiger partial charge < -0.3 is 5.73 Å². The van der Waals surface area contributed by atoms with E-state index in [-0.39, 0.29) is 11.7 Å². The van der Waals surface area contributed by atoms with Crippen LogP contribution in [0.15, 0.2) is 52.4 Å². The highest BCUT2D eigenvalue weighted by Crippen LogP contribution is 2.35. The van der Waals surface area contributed by atoms with E-state index in [0.717, 1.165) is 0 Å². The first-order valence-corrected chi connectivity index (χ1v) is 8.23. The maximum atomic E-state index is 13.4. The molecule has 2 N–H and O–H groups in total. The monoisotopic (exact) mass is 374 g/mol. The van der Waals surface area contributed by atoms with Crippen LogP contribution in [0.5, 0.6) is 0 Å². The zero-order chi connectivity index (χ0) is 18.0. The molecule has 1 heterocycles. The Balaban J connectivity index is 1.99. The molecule has 126 valence electrons. The second-order valence-corrected chi connectivity index (χ2v) is 6.45. The van der Waals surface area contributed by atoms with Crippen molar-refractivity contribution in [3.8, 4) is 6.07 Å². The Kier molecular flexibility index (Phi) is 5.03. The number of hydrogen-bond donors (Lipinski definition) is 1. The molecule has 0 spiro atoms. The summed E-state index contributed by atoms with van der Waals surface area (Å²) in [4.78, 5) is 8.76. The second-order valence-electron chi connectivity index (χ2n) is 5.61. The smallest absolute Gasteiger partial charge is 0.130 e. The van der Waals surface area contributed by atoms with Crippen LogP contribution in [0.4, 0.5) is 4.39 Å². The topological polar surface area (TPSA) is 74.5 Å². The summed E-state index contributed by atoms with van der Waals surface area (Å²) in [7, 11) is 0. The fraction of sp³-hybridized carbons (Fsp3) is 0.167. The zero-order valence-electron chi connectivity index (χ0n) is 13.0. The molecule has 1 aliphatic rings. The predicted octanol–water partition coefficient (Wildman–Crippen LogP) is 4.33. The van der Waals surface area contributed by atoms with E-state index in [4.69, 9.17) is 28.9 Å². The van der Waals surface area contributed by atoms with Gasteiger partial charge in [0.25, 0.3) is 0 Å². The molecule has 3 rings (SSSR count). The largest absolute Gasteiger partial charge is 0.386 e. The Bertz CT molecular complexity index is 918. The van der Waals surface area contributed by atoms with E-state index in [1.165, 1.54) is 12.1 Å². The highest BCUT2D eigenvalue weighted by atomic mass is 35.5. The van der Waals surface area contributed by atoms with Crippen molar-refractivity contribution in [3.05, 3.63) is 69.5 Å². The fourth-order valence-electron chi connectivity index (χ4n) is 2.69. The molecule has 0 aromatic heterocycles. The first-order valence-electron chi connectivity index (χ1n) is 7.47. The summed E-state index contributed by atoms with van der Waals surface area (Å²) in [6, 6.07) is 12.7. The summed E-state index contributed by atoms with van der Waals surface area (Å²) in [5, 5.41) is 10.3. The molecule has 25 heavy (non-hydrogen) atoms. The van der Waals surface area contributed by atoms with Crippen LogP contribution in [0.1, 0.15) is 17.2 Å². The van der Waals surface area contributed by atoms with Crippen LogP contribution < -0.4 is 5.73 Å². The van der Waals surface area contributed by atoms with Crippen molar-refractivity contribution >= 4 is 34.9 Å². The number of amidine groups is 2. The normalized spacial score (nSPS) is 19.8. The van der Waals surface area contributed by atoms with E-state index >= 15 is 0 Å². The minimum Gasteiger partial charge on any atom is -0.386 e. The van der Waals surface area contributed by atoms with Crippen LogP contribution in [0.25, 0.3) is 0 Å². The second kappa shape index (κ2) is 7.22. The number of halogens is 3. The molecule has 0 fully saturated rings. The number of benzene rings is 2. The Labute approximate surface area is 154 Å². The average Bonchev–Trinajstić information content (AvgIpc) is 2.54. The Morgan fingerprint density at radius 2 is 2.00 bits per heavy atom. The van der Waals surface area contributed by atoms with Crippen molar-refractivity contribution in [1.29, 1.82) is 5.26 Å². The summed E-state index contributed by atoms with van der Waals surface area (Å²) in [5.41, 5.74) is 7.33. The molecule has 2 aromatic carbocycles. The standard InChI is InChI=1S/C18H13Cl2FN4/c19-11-4-5-13(15(20)8-11)17-14(9-22)18(23)25-16(24-17)7-10-2-1-3-12(21)6-10/h1-6,8,14,17H,7H2,(H2,23,24,25). The Hall–Kier alpha value is -2.42. The molecule has 2 unspecified atom stereocenters. The minimum absolute atomic E-state index is 0.167. The van der Waals surface area contributed by atoms with Crippen LogP contribution in [0.2, 0.25) is 10.0 Å². The van der Waals surface area contributed by atoms with Gasteiger partial charge in [0.05, 0.1) is 6.07 Å². The number of nitrogens with zero attached hydrogens (tertiary/aromatic N) is 3. The van der Waals surface area contributed by atoms with E-state index in [2.05, 4.69) is 16.1 Å². The molecule has 0 aliphatic carbocycles. The van der Waals surface area contributed by atoms with Gasteiger partial charge in [-0.1, -0.05) is 41.4 Å². The molecule has 2 atom stereocenters. The van der Waals surface area contributed by atoms with Crippen molar-refractivity contribution in [2.24, 2.45) is 21.6 Å². The van der Waals surface area contributed by atoms with Crippen LogP contribution in [-0.4, -0.2) is 11.7 Å². The molecule has 0 radical (unpaired) electrons. The molecule has 4 nitrogen and oxygen atoms in total. The lowest BCUT2D eigenvalue weighted by Crippen LogP contribution is -2.32. The number of hydrogen-bond acceptors (Lipinski definition) is 4. The van der Waals surface area contributed by atoms with E-state index < -0.39 is 12.0 Å². The molecular weight excluding hydrogens is 362 g/mol. The molecule has 0 bridgehead atoms. The molecule has 0 amide bonds. The molecule has 0 saturated carbocycles. The molecule has 0 saturated heterocycles. The summed E-state index contributed by atoms with van der Waals surface area (Å²) < 4.78 is 13.4. The molecule has 2 aromatic rings. The van der Waals surface area contributed by atoms with E-state index in [1.807, 2.05) is 0 Å². The van der Waals surface area contributed by atoms with Gasteiger partial charge in [-0.05, 0) is 35.4 Å². The lowest BCUT2D eigenvalue weighted by atomic mass is 9.92. The van der Waals surface area contributed by atoms with E-state index in [0.29, 0.717) is 33.4 Å². The third kappa shape index (κ3) is 3.81. The summed E-state index contributed by atoms with van der Waals surface area (Å²) in [6.07, 6.45) is 0.304. The molecule has 1 aliphatic heterocycles. The summed E-state index contributed by atoms with van der Waals surface area (Å²) in [6.45, 7) is 0. The number of rotatable bonds is 3. The minimum atomic E-state index is -0.727. The van der Waals surface area contributed by atoms with E-state index in [1.54, 1.807) is 30.3 Å². The van der Waals surface area contributed by atoms with Crippen LogP contribution in [0.3, 0.4) is 0 Å². The first-order chi connectivity index (χ1) is 12.0. The van der Waals surface area contributed by atoms with Crippen LogP contribution in [-0.2, 0) is 6.42 Å². The van der Waals surface area contributed by atoms with Gasteiger partial charge in [-0.15, -0.1) is 0 Å². The van der Waals surface area contributed by atoms with Crippen molar-refractivity contribution in [2.75, 3.05) is 0 Å². The van der Waals surface area contributed by atoms with Gasteiger partial charge >= 0.3 is 0 Å². The Morgan fingerprint density at radius 1 is 1.20 bits per heavy atom. The maximum Gasteiger partial charge on any atom is 0.130 e. The predicted molar refractivity (Wildman–Crippen MR) is 97.5 cm³/mol. The third-order valence-corrected chi connectivity index (χ3v) is 4.41. The maximum absolute atomic E-state index is 13.4. The summed E-state index contributed by atoms with van der Waals surface area (Å²) in [5.74, 6) is -0.474. The lowest BCUT2D eigenvalue weighted by molar-refractivity contribution is 0.625.